The standard InChI is InChI=1S/C31H29N3O4/c1-31(2,3)20-9-11-21(12-10-20)34-29(35)24-8-6-7-19-15-22(13-14-23(19)24)38-30-25-16-27(36-4)28(37-5)17-26(25)32-18-33-30/h6-18H,1-5H3,(H,34,35). The molecule has 0 bridgehead atoms. The molecule has 38 heavy (non-hydrogen) atoms. The van der Waals surface area contributed by atoms with Crippen molar-refractivity contribution in [3.8, 4) is 23.1 Å². The van der Waals surface area contributed by atoms with E-state index in [1.165, 1.54) is 11.9 Å². The number of hydrogen-bond acceptors (Lipinski definition) is 6. The van der Waals surface area contributed by atoms with Crippen molar-refractivity contribution in [2.75, 3.05) is 19.5 Å². The van der Waals surface area contributed by atoms with Crippen molar-refractivity contribution in [2.45, 2.75) is 26.2 Å². The predicted octanol–water partition coefficient (Wildman–Crippen LogP) is 7.14. The summed E-state index contributed by atoms with van der Waals surface area (Å²) in [4.78, 5) is 21.8. The topological polar surface area (TPSA) is 82.6 Å². The molecule has 0 saturated heterocycles. The van der Waals surface area contributed by atoms with Crippen molar-refractivity contribution < 1.29 is 19.0 Å². The van der Waals surface area contributed by atoms with Gasteiger partial charge in [-0.2, -0.15) is 0 Å². The maximum Gasteiger partial charge on any atom is 0.256 e. The molecular weight excluding hydrogens is 478 g/mol. The second-order valence-electron chi connectivity index (χ2n) is 9.98. The number of anilines is 1. The third kappa shape index (κ3) is 4.95. The average Bonchev–Trinajstić information content (AvgIpc) is 2.91. The van der Waals surface area contributed by atoms with Gasteiger partial charge in [0.05, 0.1) is 25.1 Å². The van der Waals surface area contributed by atoms with E-state index in [-0.39, 0.29) is 11.3 Å². The van der Waals surface area contributed by atoms with E-state index in [1.54, 1.807) is 26.4 Å². The van der Waals surface area contributed by atoms with Crippen molar-refractivity contribution >= 4 is 33.3 Å². The first-order valence-electron chi connectivity index (χ1n) is 12.3. The Bertz CT molecular complexity index is 1640. The molecule has 4 aromatic carbocycles. The molecule has 1 N–H and O–H groups in total. The Balaban J connectivity index is 1.42. The van der Waals surface area contributed by atoms with Crippen LogP contribution in [0.15, 0.2) is 79.1 Å². The van der Waals surface area contributed by atoms with Crippen molar-refractivity contribution in [1.29, 1.82) is 0 Å². The van der Waals surface area contributed by atoms with E-state index < -0.39 is 0 Å². The van der Waals surface area contributed by atoms with Gasteiger partial charge in [-0.05, 0) is 64.2 Å². The van der Waals surface area contributed by atoms with Crippen molar-refractivity contribution in [3.63, 3.8) is 0 Å². The molecular formula is C31H29N3O4. The Hall–Kier alpha value is -4.65. The Morgan fingerprint density at radius 2 is 1.55 bits per heavy atom. The third-order valence-corrected chi connectivity index (χ3v) is 6.42. The highest BCUT2D eigenvalue weighted by Crippen LogP contribution is 2.36. The van der Waals surface area contributed by atoms with Gasteiger partial charge < -0.3 is 19.5 Å². The minimum Gasteiger partial charge on any atom is -0.493 e. The fourth-order valence-corrected chi connectivity index (χ4v) is 4.33. The maximum atomic E-state index is 13.2. The zero-order valence-electron chi connectivity index (χ0n) is 22.0. The quantitative estimate of drug-likeness (QED) is 0.263. The molecule has 0 aliphatic rings. The van der Waals surface area contributed by atoms with Crippen LogP contribution < -0.4 is 19.5 Å². The number of rotatable bonds is 6. The van der Waals surface area contributed by atoms with Gasteiger partial charge in [-0.1, -0.05) is 45.0 Å². The number of nitrogens with one attached hydrogen (secondary N) is 1. The minimum atomic E-state index is -0.171. The van der Waals surface area contributed by atoms with Crippen LogP contribution in [0.2, 0.25) is 0 Å². The van der Waals surface area contributed by atoms with Crippen LogP contribution >= 0.6 is 0 Å². The summed E-state index contributed by atoms with van der Waals surface area (Å²) >= 11 is 0. The first kappa shape index (κ1) is 25.0. The largest absolute Gasteiger partial charge is 0.493 e. The van der Waals surface area contributed by atoms with Gasteiger partial charge in [-0.15, -0.1) is 0 Å². The third-order valence-electron chi connectivity index (χ3n) is 6.42. The van der Waals surface area contributed by atoms with E-state index in [0.717, 1.165) is 16.5 Å². The number of methoxy groups -OCH3 is 2. The highest BCUT2D eigenvalue weighted by molar-refractivity contribution is 6.13. The lowest BCUT2D eigenvalue weighted by molar-refractivity contribution is 0.102. The van der Waals surface area contributed by atoms with Crippen LogP contribution in [-0.4, -0.2) is 30.1 Å². The molecule has 1 amide bonds. The summed E-state index contributed by atoms with van der Waals surface area (Å²) in [6.45, 7) is 6.49. The zero-order chi connectivity index (χ0) is 26.9. The number of aromatic nitrogens is 2. The van der Waals surface area contributed by atoms with E-state index >= 15 is 0 Å². The van der Waals surface area contributed by atoms with Gasteiger partial charge in [0.2, 0.25) is 5.88 Å². The molecule has 0 spiro atoms. The van der Waals surface area contributed by atoms with Crippen molar-refractivity contribution in [3.05, 3.63) is 90.3 Å². The summed E-state index contributed by atoms with van der Waals surface area (Å²) in [5.74, 6) is 1.94. The van der Waals surface area contributed by atoms with E-state index in [0.29, 0.717) is 39.6 Å². The second kappa shape index (κ2) is 10.0. The van der Waals surface area contributed by atoms with E-state index in [9.17, 15) is 4.79 Å². The number of ether oxygens (including phenoxy) is 3. The van der Waals surface area contributed by atoms with Crippen LogP contribution in [-0.2, 0) is 5.41 Å². The molecule has 0 atom stereocenters. The number of nitrogens with zero attached hydrogens (tertiary/aromatic N) is 2. The number of amides is 1. The molecule has 7 heteroatoms. The molecule has 7 nitrogen and oxygen atoms in total. The van der Waals surface area contributed by atoms with Crippen LogP contribution in [0.4, 0.5) is 5.69 Å². The number of carbonyl (C=O) groups is 1. The monoisotopic (exact) mass is 507 g/mol. The molecule has 0 radical (unpaired) electrons. The molecule has 0 fully saturated rings. The average molecular weight is 508 g/mol. The Kier molecular flexibility index (Phi) is 6.59. The lowest BCUT2D eigenvalue weighted by Gasteiger charge is -2.19. The van der Waals surface area contributed by atoms with Crippen LogP contribution in [0.1, 0.15) is 36.7 Å². The number of carbonyl (C=O) groups excluding carboxylic acids is 1. The Morgan fingerprint density at radius 3 is 2.26 bits per heavy atom. The summed E-state index contributed by atoms with van der Waals surface area (Å²) in [6, 6.07) is 22.8. The fraction of sp³-hybridized carbons (Fsp3) is 0.194. The van der Waals surface area contributed by atoms with Crippen LogP contribution in [0.25, 0.3) is 21.7 Å². The first-order valence-corrected chi connectivity index (χ1v) is 12.3. The smallest absolute Gasteiger partial charge is 0.256 e. The molecule has 5 rings (SSSR count). The Morgan fingerprint density at radius 1 is 0.816 bits per heavy atom. The van der Waals surface area contributed by atoms with Crippen LogP contribution in [0.3, 0.4) is 0 Å². The summed E-state index contributed by atoms with van der Waals surface area (Å²) in [6.07, 6.45) is 1.45. The summed E-state index contributed by atoms with van der Waals surface area (Å²) in [5, 5.41) is 5.40. The van der Waals surface area contributed by atoms with Gasteiger partial charge in [-0.3, -0.25) is 4.79 Å². The van der Waals surface area contributed by atoms with Gasteiger partial charge in [0.1, 0.15) is 12.1 Å². The van der Waals surface area contributed by atoms with Crippen LogP contribution in [0.5, 0.6) is 23.1 Å². The molecule has 192 valence electrons. The highest BCUT2D eigenvalue weighted by atomic mass is 16.5. The molecule has 0 unspecified atom stereocenters. The summed E-state index contributed by atoms with van der Waals surface area (Å²) < 4.78 is 17.0. The molecule has 0 aliphatic heterocycles. The van der Waals surface area contributed by atoms with E-state index in [2.05, 4.69) is 36.1 Å². The van der Waals surface area contributed by atoms with Crippen molar-refractivity contribution in [2.24, 2.45) is 0 Å². The molecule has 1 heterocycles. The SMILES string of the molecule is COc1cc2ncnc(Oc3ccc4c(C(=O)Nc5ccc(C(C)(C)C)cc5)cccc4c3)c2cc1OC. The summed E-state index contributed by atoms with van der Waals surface area (Å²) in [5.41, 5.74) is 3.26. The van der Waals surface area contributed by atoms with Gasteiger partial charge in [0.15, 0.2) is 11.5 Å². The lowest BCUT2D eigenvalue weighted by Crippen LogP contribution is -2.14. The number of fused-ring (bicyclic) bond motifs is 2. The van der Waals surface area contributed by atoms with E-state index in [4.69, 9.17) is 14.2 Å². The Labute approximate surface area is 221 Å². The van der Waals surface area contributed by atoms with Crippen LogP contribution in [0, 0.1) is 0 Å². The van der Waals surface area contributed by atoms with Gasteiger partial charge in [-0.25, -0.2) is 9.97 Å². The van der Waals surface area contributed by atoms with Gasteiger partial charge >= 0.3 is 0 Å². The van der Waals surface area contributed by atoms with E-state index in [1.807, 2.05) is 60.7 Å². The normalized spacial score (nSPS) is 11.4. The second-order valence-corrected chi connectivity index (χ2v) is 9.98. The molecule has 0 aliphatic carbocycles. The minimum absolute atomic E-state index is 0.0505. The first-order chi connectivity index (χ1) is 18.3. The lowest BCUT2D eigenvalue weighted by atomic mass is 9.87. The number of hydrogen-bond donors (Lipinski definition) is 1. The van der Waals surface area contributed by atoms with Crippen molar-refractivity contribution in [1.82, 2.24) is 9.97 Å². The molecule has 5 aromatic rings. The fourth-order valence-electron chi connectivity index (χ4n) is 4.33. The molecule has 0 saturated carbocycles. The number of benzene rings is 4. The predicted molar refractivity (Wildman–Crippen MR) is 150 cm³/mol. The molecule has 1 aromatic heterocycles. The van der Waals surface area contributed by atoms with Gasteiger partial charge in [0.25, 0.3) is 5.91 Å². The zero-order valence-corrected chi connectivity index (χ0v) is 22.0. The summed E-state index contributed by atoms with van der Waals surface area (Å²) in [7, 11) is 3.15. The van der Waals surface area contributed by atoms with Gasteiger partial charge in [0, 0.05) is 17.3 Å². The highest BCUT2D eigenvalue weighted by Gasteiger charge is 2.16. The maximum absolute atomic E-state index is 13.2.